The molecule has 2 saturated heterocycles. The van der Waals surface area contributed by atoms with Gasteiger partial charge in [0.1, 0.15) is 17.6 Å². The Hall–Kier alpha value is -4.11. The van der Waals surface area contributed by atoms with Gasteiger partial charge in [-0.05, 0) is 61.0 Å². The number of ether oxygens (including phenoxy) is 1. The van der Waals surface area contributed by atoms with Gasteiger partial charge in [-0.2, -0.15) is 0 Å². The minimum atomic E-state index is -1.01. The third-order valence-corrected chi connectivity index (χ3v) is 7.19. The number of benzene rings is 2. The largest absolute Gasteiger partial charge is 0.353 e. The summed E-state index contributed by atoms with van der Waals surface area (Å²) in [5, 5.41) is 2.93. The standard InChI is InChI=1S/C29H29FN4O4/c1-20-3-2-4-23(17-20)28(37)34-25(26(35)32-18-21-9-13-31-14-10-21)19-38-29(34)11-15-33(16-12-29)27(36)22-5-7-24(30)8-6-22/h2-10,13-14,17,25H,11-12,15-16,18-19H2,1H3,(H,32,35)/t25-/m1/s1. The molecule has 1 N–H and O–H groups in total. The SMILES string of the molecule is Cc1cccc(C(=O)N2[C@@H](C(=O)NCc3ccncc3)COC23CCN(C(=O)c2ccc(F)cc2)CC3)c1. The number of carbonyl (C=O) groups is 3. The van der Waals surface area contributed by atoms with Crippen molar-refractivity contribution >= 4 is 17.7 Å². The van der Waals surface area contributed by atoms with E-state index in [1.807, 2.05) is 31.2 Å². The van der Waals surface area contributed by atoms with Gasteiger partial charge in [0, 0.05) is 56.0 Å². The molecule has 8 nitrogen and oxygen atoms in total. The van der Waals surface area contributed by atoms with Gasteiger partial charge in [0.25, 0.3) is 11.8 Å². The van der Waals surface area contributed by atoms with Crippen LogP contribution in [0.15, 0.2) is 73.1 Å². The number of hydrogen-bond acceptors (Lipinski definition) is 5. The Morgan fingerprint density at radius 3 is 2.39 bits per heavy atom. The van der Waals surface area contributed by atoms with Crippen LogP contribution >= 0.6 is 0 Å². The fourth-order valence-electron chi connectivity index (χ4n) is 5.13. The quantitative estimate of drug-likeness (QED) is 0.562. The normalized spacial score (nSPS) is 18.4. The summed E-state index contributed by atoms with van der Waals surface area (Å²) >= 11 is 0. The summed E-state index contributed by atoms with van der Waals surface area (Å²) in [6, 6.07) is 15.5. The van der Waals surface area contributed by atoms with E-state index in [2.05, 4.69) is 10.3 Å². The topological polar surface area (TPSA) is 91.8 Å². The molecule has 0 bridgehead atoms. The van der Waals surface area contributed by atoms with E-state index < -0.39 is 17.6 Å². The lowest BCUT2D eigenvalue weighted by Gasteiger charge is -2.44. The summed E-state index contributed by atoms with van der Waals surface area (Å²) in [5.41, 5.74) is 1.69. The van der Waals surface area contributed by atoms with Crippen LogP contribution in [0, 0.1) is 12.7 Å². The average molecular weight is 517 g/mol. The van der Waals surface area contributed by atoms with E-state index in [1.54, 1.807) is 34.3 Å². The maximum absolute atomic E-state index is 13.9. The van der Waals surface area contributed by atoms with E-state index in [0.29, 0.717) is 43.6 Å². The molecule has 3 aromatic rings. The highest BCUT2D eigenvalue weighted by Gasteiger charge is 2.54. The molecule has 2 aliphatic rings. The van der Waals surface area contributed by atoms with Gasteiger partial charge < -0.3 is 15.0 Å². The number of aryl methyl sites for hydroxylation is 1. The average Bonchev–Trinajstić information content (AvgIpc) is 3.30. The van der Waals surface area contributed by atoms with Crippen molar-refractivity contribution in [3.8, 4) is 0 Å². The first kappa shape index (κ1) is 25.5. The van der Waals surface area contributed by atoms with Crippen LogP contribution in [0.25, 0.3) is 0 Å². The van der Waals surface area contributed by atoms with Crippen molar-refractivity contribution in [2.24, 2.45) is 0 Å². The molecule has 0 unspecified atom stereocenters. The van der Waals surface area contributed by atoms with Gasteiger partial charge in [-0.25, -0.2) is 4.39 Å². The lowest BCUT2D eigenvalue weighted by molar-refractivity contribution is -0.128. The summed E-state index contributed by atoms with van der Waals surface area (Å²) in [6.07, 6.45) is 4.02. The Balaban J connectivity index is 1.36. The lowest BCUT2D eigenvalue weighted by Crippen LogP contribution is -2.59. The Labute approximate surface area is 220 Å². The highest BCUT2D eigenvalue weighted by molar-refractivity contribution is 5.99. The zero-order valence-electron chi connectivity index (χ0n) is 21.1. The molecule has 5 rings (SSSR count). The van der Waals surface area contributed by atoms with Crippen LogP contribution in [0.5, 0.6) is 0 Å². The molecule has 1 aromatic heterocycles. The van der Waals surface area contributed by atoms with Crippen LogP contribution in [0.1, 0.15) is 44.7 Å². The van der Waals surface area contributed by atoms with E-state index in [9.17, 15) is 18.8 Å². The summed E-state index contributed by atoms with van der Waals surface area (Å²) in [5.74, 6) is -1.20. The number of piperidine rings is 1. The summed E-state index contributed by atoms with van der Waals surface area (Å²) < 4.78 is 19.6. The maximum atomic E-state index is 13.9. The van der Waals surface area contributed by atoms with E-state index in [1.165, 1.54) is 24.3 Å². The van der Waals surface area contributed by atoms with Crippen LogP contribution in [0.3, 0.4) is 0 Å². The first-order chi connectivity index (χ1) is 18.4. The maximum Gasteiger partial charge on any atom is 0.256 e. The second-order valence-electron chi connectivity index (χ2n) is 9.69. The zero-order valence-corrected chi connectivity index (χ0v) is 21.1. The second-order valence-corrected chi connectivity index (χ2v) is 9.69. The van der Waals surface area contributed by atoms with Gasteiger partial charge in [0.15, 0.2) is 0 Å². The predicted molar refractivity (Wildman–Crippen MR) is 137 cm³/mol. The Bertz CT molecular complexity index is 1320. The van der Waals surface area contributed by atoms with Crippen LogP contribution in [-0.4, -0.2) is 64.0 Å². The van der Waals surface area contributed by atoms with Crippen molar-refractivity contribution in [3.05, 3.63) is 101 Å². The monoisotopic (exact) mass is 516 g/mol. The van der Waals surface area contributed by atoms with E-state index in [4.69, 9.17) is 4.74 Å². The van der Waals surface area contributed by atoms with Crippen LogP contribution in [-0.2, 0) is 16.1 Å². The van der Waals surface area contributed by atoms with Crippen molar-refractivity contribution in [2.45, 2.75) is 38.1 Å². The molecular formula is C29H29FN4O4. The molecule has 196 valence electrons. The molecule has 9 heteroatoms. The minimum Gasteiger partial charge on any atom is -0.353 e. The number of halogens is 1. The summed E-state index contributed by atoms with van der Waals surface area (Å²) in [4.78, 5) is 47.5. The molecule has 2 fully saturated rings. The molecule has 38 heavy (non-hydrogen) atoms. The van der Waals surface area contributed by atoms with Gasteiger partial charge in [-0.3, -0.25) is 24.3 Å². The second kappa shape index (κ2) is 10.7. The molecule has 2 aromatic carbocycles. The van der Waals surface area contributed by atoms with Crippen LogP contribution in [0.2, 0.25) is 0 Å². The number of hydrogen-bond donors (Lipinski definition) is 1. The van der Waals surface area contributed by atoms with Gasteiger partial charge in [-0.1, -0.05) is 17.7 Å². The number of likely N-dealkylation sites (tertiary alicyclic amines) is 1. The zero-order chi connectivity index (χ0) is 26.7. The van der Waals surface area contributed by atoms with Gasteiger partial charge >= 0.3 is 0 Å². The van der Waals surface area contributed by atoms with Crippen molar-refractivity contribution in [1.82, 2.24) is 20.1 Å². The third-order valence-electron chi connectivity index (χ3n) is 7.19. The van der Waals surface area contributed by atoms with Gasteiger partial charge in [-0.15, -0.1) is 0 Å². The molecule has 3 amide bonds. The first-order valence-corrected chi connectivity index (χ1v) is 12.6. The molecule has 0 aliphatic carbocycles. The highest BCUT2D eigenvalue weighted by atomic mass is 19.1. The highest BCUT2D eigenvalue weighted by Crippen LogP contribution is 2.39. The first-order valence-electron chi connectivity index (χ1n) is 12.6. The molecule has 0 saturated carbocycles. The number of nitrogens with zero attached hydrogens (tertiary/aromatic N) is 3. The van der Waals surface area contributed by atoms with E-state index in [0.717, 1.165) is 11.1 Å². The Kier molecular flexibility index (Phi) is 7.20. The van der Waals surface area contributed by atoms with Gasteiger partial charge in [0.2, 0.25) is 5.91 Å². The molecular weight excluding hydrogens is 487 g/mol. The molecule has 0 radical (unpaired) electrons. The number of rotatable bonds is 5. The number of aromatic nitrogens is 1. The van der Waals surface area contributed by atoms with Crippen LogP contribution in [0.4, 0.5) is 4.39 Å². The van der Waals surface area contributed by atoms with Crippen molar-refractivity contribution in [3.63, 3.8) is 0 Å². The van der Waals surface area contributed by atoms with Crippen molar-refractivity contribution < 1.29 is 23.5 Å². The molecule has 1 atom stereocenters. The fraction of sp³-hybridized carbons (Fsp3) is 0.310. The van der Waals surface area contributed by atoms with Gasteiger partial charge in [0.05, 0.1) is 6.61 Å². The number of pyridine rings is 1. The number of nitrogens with one attached hydrogen (secondary N) is 1. The predicted octanol–water partition coefficient (Wildman–Crippen LogP) is 3.32. The number of carbonyl (C=O) groups excluding carboxylic acids is 3. The Morgan fingerprint density at radius 1 is 1.00 bits per heavy atom. The molecule has 2 aliphatic heterocycles. The smallest absolute Gasteiger partial charge is 0.256 e. The minimum absolute atomic E-state index is 0.0612. The van der Waals surface area contributed by atoms with Crippen LogP contribution < -0.4 is 5.32 Å². The summed E-state index contributed by atoms with van der Waals surface area (Å²) in [6.45, 7) is 2.94. The van der Waals surface area contributed by atoms with Crippen molar-refractivity contribution in [2.75, 3.05) is 19.7 Å². The summed E-state index contributed by atoms with van der Waals surface area (Å²) in [7, 11) is 0. The molecule has 3 heterocycles. The third kappa shape index (κ3) is 5.15. The Morgan fingerprint density at radius 2 is 1.71 bits per heavy atom. The lowest BCUT2D eigenvalue weighted by atomic mass is 9.95. The van der Waals surface area contributed by atoms with E-state index in [-0.39, 0.29) is 24.3 Å². The fourth-order valence-corrected chi connectivity index (χ4v) is 5.13. The van der Waals surface area contributed by atoms with Crippen molar-refractivity contribution in [1.29, 1.82) is 0 Å². The van der Waals surface area contributed by atoms with E-state index >= 15 is 0 Å². The molecule has 1 spiro atoms. The number of amides is 3.